The third-order valence-electron chi connectivity index (χ3n) is 6.28. The SMILES string of the molecule is CC(C(=O)CCC=Cc1c(-c2ccccc2)c2c3ccccc3ccn2c1C(C)C)C(=O)OO. The molecule has 0 amide bonds. The van der Waals surface area contributed by atoms with Gasteiger partial charge in [-0.3, -0.25) is 4.79 Å². The highest BCUT2D eigenvalue weighted by atomic mass is 17.1. The molecule has 0 bridgehead atoms. The zero-order valence-electron chi connectivity index (χ0n) is 19.7. The molecule has 2 aromatic heterocycles. The Morgan fingerprint density at radius 2 is 1.71 bits per heavy atom. The summed E-state index contributed by atoms with van der Waals surface area (Å²) in [6, 6.07) is 20.9. The highest BCUT2D eigenvalue weighted by molar-refractivity contribution is 6.06. The highest BCUT2D eigenvalue weighted by Crippen LogP contribution is 2.40. The molecule has 0 saturated carbocycles. The van der Waals surface area contributed by atoms with Crippen LogP contribution < -0.4 is 0 Å². The molecule has 174 valence electrons. The van der Waals surface area contributed by atoms with Crippen LogP contribution in [-0.2, 0) is 14.5 Å². The molecular formula is C29H29NO4. The third kappa shape index (κ3) is 4.39. The van der Waals surface area contributed by atoms with Gasteiger partial charge in [0.2, 0.25) is 0 Å². The minimum absolute atomic E-state index is 0.195. The molecule has 0 radical (unpaired) electrons. The monoisotopic (exact) mass is 455 g/mol. The molecule has 5 nitrogen and oxygen atoms in total. The molecule has 0 fully saturated rings. The van der Waals surface area contributed by atoms with Crippen LogP contribution in [0, 0.1) is 5.92 Å². The lowest BCUT2D eigenvalue weighted by Gasteiger charge is -2.09. The molecule has 0 aliphatic carbocycles. The fourth-order valence-corrected chi connectivity index (χ4v) is 4.57. The summed E-state index contributed by atoms with van der Waals surface area (Å²) in [6.45, 7) is 5.82. The lowest BCUT2D eigenvalue weighted by Crippen LogP contribution is -2.22. The standard InChI is InChI=1S/C29H29NO4/c1-19(2)27-24(15-9-10-16-25(31)20(3)29(32)34-33)26(22-12-5-4-6-13-22)28-23-14-8-7-11-21(23)17-18-30(27)28/h4-9,11-15,17-20,33H,10,16H2,1-3H3. The van der Waals surface area contributed by atoms with Crippen molar-refractivity contribution in [1.82, 2.24) is 4.40 Å². The summed E-state index contributed by atoms with van der Waals surface area (Å²) in [5.41, 5.74) is 5.81. The second-order valence-corrected chi connectivity index (χ2v) is 8.86. The number of carbonyl (C=O) groups is 2. The van der Waals surface area contributed by atoms with Crippen molar-refractivity contribution in [2.45, 2.75) is 39.5 Å². The van der Waals surface area contributed by atoms with Crippen molar-refractivity contribution >= 4 is 34.1 Å². The lowest BCUT2D eigenvalue weighted by atomic mass is 9.95. The minimum Gasteiger partial charge on any atom is -0.319 e. The molecule has 1 atom stereocenters. The maximum absolute atomic E-state index is 12.3. The van der Waals surface area contributed by atoms with Gasteiger partial charge in [0.1, 0.15) is 11.7 Å². The lowest BCUT2D eigenvalue weighted by molar-refractivity contribution is -0.237. The summed E-state index contributed by atoms with van der Waals surface area (Å²) in [6.07, 6.45) is 6.91. The number of benzene rings is 2. The predicted molar refractivity (Wildman–Crippen MR) is 136 cm³/mol. The number of aromatic nitrogens is 1. The molecule has 0 aliphatic heterocycles. The van der Waals surface area contributed by atoms with E-state index < -0.39 is 11.9 Å². The Morgan fingerprint density at radius 3 is 2.41 bits per heavy atom. The molecule has 0 spiro atoms. The summed E-state index contributed by atoms with van der Waals surface area (Å²) in [5, 5.41) is 10.9. The summed E-state index contributed by atoms with van der Waals surface area (Å²) >= 11 is 0. The van der Waals surface area contributed by atoms with Gasteiger partial charge in [-0.05, 0) is 36.3 Å². The summed E-state index contributed by atoms with van der Waals surface area (Å²) in [4.78, 5) is 27.4. The first-order valence-corrected chi connectivity index (χ1v) is 11.6. The largest absolute Gasteiger partial charge is 0.352 e. The van der Waals surface area contributed by atoms with E-state index in [2.05, 4.69) is 77.9 Å². The molecule has 2 aromatic carbocycles. The number of ketones is 1. The molecule has 0 saturated heterocycles. The van der Waals surface area contributed by atoms with Gasteiger partial charge in [-0.2, -0.15) is 5.26 Å². The zero-order valence-corrected chi connectivity index (χ0v) is 19.7. The van der Waals surface area contributed by atoms with Gasteiger partial charge in [0, 0.05) is 34.8 Å². The molecule has 4 aromatic rings. The van der Waals surface area contributed by atoms with Crippen LogP contribution in [0.1, 0.15) is 50.8 Å². The summed E-state index contributed by atoms with van der Waals surface area (Å²) in [7, 11) is 0. The molecular weight excluding hydrogens is 426 g/mol. The van der Waals surface area contributed by atoms with Crippen LogP contribution in [0.2, 0.25) is 0 Å². The molecule has 4 rings (SSSR count). The Kier molecular flexibility index (Phi) is 6.94. The van der Waals surface area contributed by atoms with Crippen molar-refractivity contribution in [3.8, 4) is 11.1 Å². The van der Waals surface area contributed by atoms with Crippen LogP contribution in [0.3, 0.4) is 0 Å². The van der Waals surface area contributed by atoms with Crippen LogP contribution in [0.15, 0.2) is 72.9 Å². The summed E-state index contributed by atoms with van der Waals surface area (Å²) in [5.74, 6) is -1.89. The zero-order chi connectivity index (χ0) is 24.2. The molecule has 5 heteroatoms. The van der Waals surface area contributed by atoms with E-state index in [4.69, 9.17) is 5.26 Å². The number of allylic oxidation sites excluding steroid dienone is 1. The van der Waals surface area contributed by atoms with Crippen LogP contribution in [0.5, 0.6) is 0 Å². The number of hydrogen-bond donors (Lipinski definition) is 1. The third-order valence-corrected chi connectivity index (χ3v) is 6.28. The first-order chi connectivity index (χ1) is 16.4. The van der Waals surface area contributed by atoms with E-state index in [1.54, 1.807) is 0 Å². The first-order valence-electron chi connectivity index (χ1n) is 11.6. The van der Waals surface area contributed by atoms with Gasteiger partial charge >= 0.3 is 5.97 Å². The van der Waals surface area contributed by atoms with E-state index in [0.29, 0.717) is 6.42 Å². The van der Waals surface area contributed by atoms with E-state index in [0.717, 1.165) is 11.1 Å². The highest BCUT2D eigenvalue weighted by Gasteiger charge is 2.23. The van der Waals surface area contributed by atoms with Crippen molar-refractivity contribution in [2.75, 3.05) is 0 Å². The molecule has 34 heavy (non-hydrogen) atoms. The second kappa shape index (κ2) is 10.1. The topological polar surface area (TPSA) is 68.0 Å². The smallest absolute Gasteiger partial charge is 0.319 e. The average Bonchev–Trinajstić information content (AvgIpc) is 3.20. The number of hydrogen-bond acceptors (Lipinski definition) is 4. The van der Waals surface area contributed by atoms with E-state index in [-0.39, 0.29) is 18.1 Å². The van der Waals surface area contributed by atoms with Gasteiger partial charge in [-0.25, -0.2) is 4.79 Å². The van der Waals surface area contributed by atoms with Gasteiger partial charge in [-0.1, -0.05) is 80.6 Å². The molecule has 2 heterocycles. The fourth-order valence-electron chi connectivity index (χ4n) is 4.57. The van der Waals surface area contributed by atoms with E-state index >= 15 is 0 Å². The number of rotatable bonds is 8. The first kappa shape index (κ1) is 23.5. The van der Waals surface area contributed by atoms with Crippen molar-refractivity contribution in [1.29, 1.82) is 0 Å². The number of pyridine rings is 1. The Hall–Kier alpha value is -3.70. The van der Waals surface area contributed by atoms with Gasteiger partial charge in [0.25, 0.3) is 0 Å². The van der Waals surface area contributed by atoms with Gasteiger partial charge in [0.15, 0.2) is 0 Å². The maximum atomic E-state index is 12.3. The number of nitrogens with zero attached hydrogens (tertiary/aromatic N) is 1. The second-order valence-electron chi connectivity index (χ2n) is 8.86. The molecule has 1 N–H and O–H groups in total. The van der Waals surface area contributed by atoms with Crippen molar-refractivity contribution in [2.24, 2.45) is 5.92 Å². The Labute approximate surface area is 199 Å². The predicted octanol–water partition coefficient (Wildman–Crippen LogP) is 6.90. The van der Waals surface area contributed by atoms with Gasteiger partial charge in [0.05, 0.1) is 5.52 Å². The van der Waals surface area contributed by atoms with Gasteiger partial charge in [-0.15, -0.1) is 0 Å². The fraction of sp³-hybridized carbons (Fsp3) is 0.241. The van der Waals surface area contributed by atoms with Crippen LogP contribution in [-0.4, -0.2) is 21.4 Å². The Morgan fingerprint density at radius 1 is 1.00 bits per heavy atom. The minimum atomic E-state index is -0.979. The molecule has 0 aliphatic rings. The van der Waals surface area contributed by atoms with Crippen LogP contribution >= 0.6 is 0 Å². The Bertz CT molecular complexity index is 1370. The van der Waals surface area contributed by atoms with E-state index in [1.165, 1.54) is 34.5 Å². The van der Waals surface area contributed by atoms with Crippen LogP contribution in [0.4, 0.5) is 0 Å². The maximum Gasteiger partial charge on any atom is 0.352 e. The van der Waals surface area contributed by atoms with Gasteiger partial charge < -0.3 is 9.29 Å². The summed E-state index contributed by atoms with van der Waals surface area (Å²) < 4.78 is 2.29. The quantitative estimate of drug-likeness (QED) is 0.178. The van der Waals surface area contributed by atoms with E-state index in [9.17, 15) is 9.59 Å². The molecule has 1 unspecified atom stereocenters. The number of Topliss-reactive ketones (excluding diaryl/α,β-unsaturated/α-hetero) is 1. The normalized spacial score (nSPS) is 12.6. The number of fused-ring (bicyclic) bond motifs is 3. The van der Waals surface area contributed by atoms with Crippen LogP contribution in [0.25, 0.3) is 33.5 Å². The average molecular weight is 456 g/mol. The van der Waals surface area contributed by atoms with E-state index in [1.807, 2.05) is 24.3 Å². The van der Waals surface area contributed by atoms with Crippen molar-refractivity contribution < 1.29 is 19.7 Å². The van der Waals surface area contributed by atoms with Crippen molar-refractivity contribution in [3.05, 3.63) is 84.2 Å². The van der Waals surface area contributed by atoms with Crippen molar-refractivity contribution in [3.63, 3.8) is 0 Å². The Balaban J connectivity index is 1.83. The number of carbonyl (C=O) groups excluding carboxylic acids is 2.